The van der Waals surface area contributed by atoms with Crippen LogP contribution in [0.2, 0.25) is 0 Å². The summed E-state index contributed by atoms with van der Waals surface area (Å²) in [4.78, 5) is 10.9. The Morgan fingerprint density at radius 2 is 1.84 bits per heavy atom. The highest BCUT2D eigenvalue weighted by molar-refractivity contribution is 5.75. The molecule has 0 aliphatic rings. The molecule has 6 heteroatoms. The Labute approximate surface area is 145 Å². The van der Waals surface area contributed by atoms with Crippen LogP contribution in [-0.2, 0) is 4.79 Å². The molecule has 4 nitrogen and oxygen atoms in total. The van der Waals surface area contributed by atoms with Crippen molar-refractivity contribution in [2.24, 2.45) is 5.73 Å². The maximum atomic E-state index is 15.1. The molecule has 0 fully saturated rings. The lowest BCUT2D eigenvalue weighted by Crippen LogP contribution is -2.19. The van der Waals surface area contributed by atoms with Gasteiger partial charge in [0.2, 0.25) is 0 Å². The van der Waals surface area contributed by atoms with Gasteiger partial charge in [0.1, 0.15) is 17.4 Å². The molecule has 0 radical (unpaired) electrons. The first-order valence-corrected chi connectivity index (χ1v) is 7.79. The van der Waals surface area contributed by atoms with E-state index >= 15 is 4.39 Å². The number of carboxylic acid groups (broad SMARTS) is 1. The minimum atomic E-state index is -1.28. The van der Waals surface area contributed by atoms with E-state index in [1.165, 1.54) is 20.1 Å². The van der Waals surface area contributed by atoms with Crippen molar-refractivity contribution in [3.8, 4) is 16.9 Å². The monoisotopic (exact) mass is 349 g/mol. The molecule has 0 heterocycles. The van der Waals surface area contributed by atoms with E-state index in [1.807, 2.05) is 6.92 Å². The number of carboxylic acids is 1. The van der Waals surface area contributed by atoms with Crippen molar-refractivity contribution in [3.05, 3.63) is 52.1 Å². The molecule has 134 valence electrons. The second kappa shape index (κ2) is 7.19. The first kappa shape index (κ1) is 18.9. The van der Waals surface area contributed by atoms with Crippen LogP contribution in [0.1, 0.15) is 34.7 Å². The number of rotatable bonds is 5. The van der Waals surface area contributed by atoms with Crippen molar-refractivity contribution in [2.45, 2.75) is 33.2 Å². The number of nitrogens with two attached hydrogens (primary N) is 1. The molecule has 2 aromatic rings. The highest BCUT2D eigenvalue weighted by Crippen LogP contribution is 2.38. The van der Waals surface area contributed by atoms with Crippen molar-refractivity contribution in [1.82, 2.24) is 0 Å². The average molecular weight is 349 g/mol. The third-order valence-corrected chi connectivity index (χ3v) is 4.29. The number of benzene rings is 2. The summed E-state index contributed by atoms with van der Waals surface area (Å²) >= 11 is 0. The third kappa shape index (κ3) is 3.49. The van der Waals surface area contributed by atoms with Gasteiger partial charge in [-0.3, -0.25) is 4.79 Å². The van der Waals surface area contributed by atoms with Crippen molar-refractivity contribution in [2.75, 3.05) is 7.11 Å². The van der Waals surface area contributed by atoms with E-state index in [1.54, 1.807) is 19.1 Å². The normalized spacial score (nSPS) is 12.1. The zero-order chi connectivity index (χ0) is 18.9. The van der Waals surface area contributed by atoms with Crippen LogP contribution in [0.25, 0.3) is 11.1 Å². The summed E-state index contributed by atoms with van der Waals surface area (Å²) in [6.45, 7) is 5.10. The Morgan fingerprint density at radius 1 is 1.20 bits per heavy atom. The van der Waals surface area contributed by atoms with Crippen LogP contribution in [0, 0.1) is 32.4 Å². The van der Waals surface area contributed by atoms with E-state index in [2.05, 4.69) is 0 Å². The number of aryl methyl sites for hydroxylation is 2. The molecule has 0 bridgehead atoms. The van der Waals surface area contributed by atoms with E-state index < -0.39 is 35.6 Å². The number of hydrogen-bond acceptors (Lipinski definition) is 3. The molecule has 1 atom stereocenters. The largest absolute Gasteiger partial charge is 0.496 e. The smallest absolute Gasteiger partial charge is 0.305 e. The Hall–Kier alpha value is -2.47. The molecule has 0 spiro atoms. The highest BCUT2D eigenvalue weighted by atomic mass is 19.1. The van der Waals surface area contributed by atoms with Crippen LogP contribution in [0.5, 0.6) is 5.75 Å². The van der Waals surface area contributed by atoms with E-state index in [-0.39, 0.29) is 11.1 Å². The molecule has 2 aromatic carbocycles. The molecule has 1 unspecified atom stereocenters. The van der Waals surface area contributed by atoms with Crippen molar-refractivity contribution in [3.63, 3.8) is 0 Å². The van der Waals surface area contributed by atoms with Crippen LogP contribution < -0.4 is 10.5 Å². The van der Waals surface area contributed by atoms with Gasteiger partial charge in [0.15, 0.2) is 0 Å². The van der Waals surface area contributed by atoms with Gasteiger partial charge in [0.05, 0.1) is 13.5 Å². The maximum absolute atomic E-state index is 15.1. The topological polar surface area (TPSA) is 72.5 Å². The Balaban J connectivity index is 2.77. The van der Waals surface area contributed by atoms with E-state index in [0.29, 0.717) is 16.9 Å². The number of carbonyl (C=O) groups is 1. The first-order chi connectivity index (χ1) is 11.7. The molecule has 0 aromatic heterocycles. The van der Waals surface area contributed by atoms with Crippen LogP contribution in [0.3, 0.4) is 0 Å². The molecule has 0 aliphatic heterocycles. The summed E-state index contributed by atoms with van der Waals surface area (Å²) in [7, 11) is 1.52. The second-order valence-electron chi connectivity index (χ2n) is 6.07. The number of methoxy groups -OCH3 is 1. The fourth-order valence-electron chi connectivity index (χ4n) is 3.06. The highest BCUT2D eigenvalue weighted by Gasteiger charge is 2.25. The summed E-state index contributed by atoms with van der Waals surface area (Å²) in [5.41, 5.74) is 7.84. The van der Waals surface area contributed by atoms with E-state index in [4.69, 9.17) is 15.6 Å². The van der Waals surface area contributed by atoms with Gasteiger partial charge in [-0.25, -0.2) is 8.78 Å². The first-order valence-electron chi connectivity index (χ1n) is 7.79. The lowest BCUT2D eigenvalue weighted by molar-refractivity contribution is -0.137. The molecule has 0 amide bonds. The van der Waals surface area contributed by atoms with Crippen molar-refractivity contribution >= 4 is 5.97 Å². The van der Waals surface area contributed by atoms with Gasteiger partial charge in [-0.15, -0.1) is 0 Å². The standard InChI is InChI=1S/C19H21F2NO3/c1-9-5-6-14(25-4)11(3)16(9)12-7-10(2)18(20)17(19(12)21)13(22)8-15(23)24/h5-7,13H,8,22H2,1-4H3,(H,23,24). The summed E-state index contributed by atoms with van der Waals surface area (Å²) in [6.07, 6.45) is -0.563. The van der Waals surface area contributed by atoms with Gasteiger partial charge in [0, 0.05) is 17.2 Å². The molecule has 25 heavy (non-hydrogen) atoms. The molecule has 0 saturated carbocycles. The summed E-state index contributed by atoms with van der Waals surface area (Å²) in [6, 6.07) is 3.70. The molecule has 2 rings (SSSR count). The van der Waals surface area contributed by atoms with Crippen LogP contribution >= 0.6 is 0 Å². The number of aliphatic carboxylic acids is 1. The predicted molar refractivity (Wildman–Crippen MR) is 91.7 cm³/mol. The van der Waals surface area contributed by atoms with Crippen LogP contribution in [0.4, 0.5) is 8.78 Å². The minimum Gasteiger partial charge on any atom is -0.496 e. The Kier molecular flexibility index (Phi) is 5.42. The average Bonchev–Trinajstić information content (AvgIpc) is 2.52. The van der Waals surface area contributed by atoms with Gasteiger partial charge in [-0.1, -0.05) is 6.07 Å². The lowest BCUT2D eigenvalue weighted by Gasteiger charge is -2.19. The van der Waals surface area contributed by atoms with Crippen LogP contribution in [-0.4, -0.2) is 18.2 Å². The fourth-order valence-corrected chi connectivity index (χ4v) is 3.06. The Bertz CT molecular complexity index is 834. The molecule has 3 N–H and O–H groups in total. The zero-order valence-corrected chi connectivity index (χ0v) is 14.6. The predicted octanol–water partition coefficient (Wildman–Crippen LogP) is 4.04. The molecule has 0 saturated heterocycles. The molecular weight excluding hydrogens is 328 g/mol. The van der Waals surface area contributed by atoms with Gasteiger partial charge in [0.25, 0.3) is 0 Å². The second-order valence-corrected chi connectivity index (χ2v) is 6.07. The van der Waals surface area contributed by atoms with Gasteiger partial charge < -0.3 is 15.6 Å². The van der Waals surface area contributed by atoms with E-state index in [9.17, 15) is 9.18 Å². The lowest BCUT2D eigenvalue weighted by atomic mass is 9.89. The number of hydrogen-bond donors (Lipinski definition) is 2. The van der Waals surface area contributed by atoms with Crippen LogP contribution in [0.15, 0.2) is 18.2 Å². The third-order valence-electron chi connectivity index (χ3n) is 4.29. The zero-order valence-electron chi connectivity index (χ0n) is 14.6. The van der Waals surface area contributed by atoms with Gasteiger partial charge in [-0.2, -0.15) is 0 Å². The molecule has 0 aliphatic carbocycles. The van der Waals surface area contributed by atoms with Crippen molar-refractivity contribution in [1.29, 1.82) is 0 Å². The van der Waals surface area contributed by atoms with Gasteiger partial charge >= 0.3 is 5.97 Å². The Morgan fingerprint density at radius 3 is 2.40 bits per heavy atom. The quantitative estimate of drug-likeness (QED) is 0.854. The maximum Gasteiger partial charge on any atom is 0.305 e. The summed E-state index contributed by atoms with van der Waals surface area (Å²) in [5.74, 6) is -2.29. The van der Waals surface area contributed by atoms with E-state index in [0.717, 1.165) is 5.56 Å². The number of halogens is 2. The summed E-state index contributed by atoms with van der Waals surface area (Å²) in [5, 5.41) is 8.90. The van der Waals surface area contributed by atoms with Crippen molar-refractivity contribution < 1.29 is 23.4 Å². The number of ether oxygens (including phenoxy) is 1. The molecular formula is C19H21F2NO3. The van der Waals surface area contributed by atoms with Gasteiger partial charge in [-0.05, 0) is 55.2 Å². The minimum absolute atomic E-state index is 0.184. The SMILES string of the molecule is COc1ccc(C)c(-c2cc(C)c(F)c(C(N)CC(=O)O)c2F)c1C. The summed E-state index contributed by atoms with van der Waals surface area (Å²) < 4.78 is 34.9. The fraction of sp³-hybridized carbons (Fsp3) is 0.316.